The summed E-state index contributed by atoms with van der Waals surface area (Å²) in [6.45, 7) is 5.26. The SMILES string of the molecule is O=C(O)CC1CN(C(=O)N2CCC(N3CCCCC3)C2)C1. The smallest absolute Gasteiger partial charge is 0.320 e. The third-order valence-corrected chi connectivity index (χ3v) is 5.03. The van der Waals surface area contributed by atoms with E-state index in [1.165, 1.54) is 32.4 Å². The van der Waals surface area contributed by atoms with E-state index < -0.39 is 5.97 Å². The van der Waals surface area contributed by atoms with E-state index in [-0.39, 0.29) is 18.4 Å². The lowest BCUT2D eigenvalue weighted by Crippen LogP contribution is -2.55. The molecule has 118 valence electrons. The number of hydrogen-bond acceptors (Lipinski definition) is 3. The number of carboxylic acids is 1. The summed E-state index contributed by atoms with van der Waals surface area (Å²) in [4.78, 5) is 29.3. The topological polar surface area (TPSA) is 64.1 Å². The summed E-state index contributed by atoms with van der Waals surface area (Å²) in [5, 5.41) is 8.74. The second-order valence-electron chi connectivity index (χ2n) is 6.64. The summed E-state index contributed by atoms with van der Waals surface area (Å²) in [5.74, 6) is -0.620. The molecule has 0 aromatic carbocycles. The van der Waals surface area contributed by atoms with Crippen LogP contribution in [0.5, 0.6) is 0 Å². The normalized spacial score (nSPS) is 27.7. The molecule has 0 aliphatic carbocycles. The number of aliphatic carboxylic acids is 1. The van der Waals surface area contributed by atoms with E-state index in [0.29, 0.717) is 19.1 Å². The van der Waals surface area contributed by atoms with Crippen molar-refractivity contribution in [3.8, 4) is 0 Å². The lowest BCUT2D eigenvalue weighted by molar-refractivity contribution is -0.139. The van der Waals surface area contributed by atoms with E-state index in [1.54, 1.807) is 4.90 Å². The summed E-state index contributed by atoms with van der Waals surface area (Å²) in [5.41, 5.74) is 0. The molecule has 1 atom stereocenters. The highest BCUT2D eigenvalue weighted by atomic mass is 16.4. The van der Waals surface area contributed by atoms with Gasteiger partial charge < -0.3 is 14.9 Å². The van der Waals surface area contributed by atoms with Gasteiger partial charge in [0, 0.05) is 38.1 Å². The van der Waals surface area contributed by atoms with Crippen molar-refractivity contribution in [1.29, 1.82) is 0 Å². The Kier molecular flexibility index (Phi) is 4.33. The van der Waals surface area contributed by atoms with Gasteiger partial charge in [0.1, 0.15) is 0 Å². The highest BCUT2D eigenvalue weighted by Gasteiger charge is 2.38. The molecule has 3 saturated heterocycles. The van der Waals surface area contributed by atoms with Gasteiger partial charge in [-0.25, -0.2) is 4.79 Å². The number of nitrogens with zero attached hydrogens (tertiary/aromatic N) is 3. The van der Waals surface area contributed by atoms with Crippen molar-refractivity contribution in [3.63, 3.8) is 0 Å². The Balaban J connectivity index is 1.43. The molecule has 21 heavy (non-hydrogen) atoms. The minimum Gasteiger partial charge on any atom is -0.481 e. The van der Waals surface area contributed by atoms with Crippen LogP contribution in [0.1, 0.15) is 32.1 Å². The number of piperidine rings is 1. The first-order chi connectivity index (χ1) is 10.1. The van der Waals surface area contributed by atoms with Gasteiger partial charge in [-0.15, -0.1) is 0 Å². The van der Waals surface area contributed by atoms with Crippen molar-refractivity contribution in [3.05, 3.63) is 0 Å². The largest absolute Gasteiger partial charge is 0.481 e. The zero-order valence-corrected chi connectivity index (χ0v) is 12.5. The van der Waals surface area contributed by atoms with Gasteiger partial charge in [0.05, 0.1) is 6.42 Å². The molecule has 2 amide bonds. The predicted molar refractivity (Wildman–Crippen MR) is 78.1 cm³/mol. The van der Waals surface area contributed by atoms with Crippen LogP contribution in [0.4, 0.5) is 4.79 Å². The summed E-state index contributed by atoms with van der Waals surface area (Å²) >= 11 is 0. The van der Waals surface area contributed by atoms with Gasteiger partial charge in [0.25, 0.3) is 0 Å². The summed E-state index contributed by atoms with van der Waals surface area (Å²) in [6.07, 6.45) is 5.17. The first-order valence-electron chi connectivity index (χ1n) is 8.13. The Morgan fingerprint density at radius 2 is 1.67 bits per heavy atom. The first-order valence-corrected chi connectivity index (χ1v) is 8.13. The molecule has 6 heteroatoms. The van der Waals surface area contributed by atoms with Gasteiger partial charge in [-0.3, -0.25) is 9.69 Å². The fourth-order valence-corrected chi connectivity index (χ4v) is 3.80. The number of carbonyl (C=O) groups is 2. The molecule has 0 aromatic heterocycles. The molecule has 0 bridgehead atoms. The molecule has 0 aromatic rings. The number of amides is 2. The van der Waals surface area contributed by atoms with Crippen LogP contribution in [0.15, 0.2) is 0 Å². The van der Waals surface area contributed by atoms with Gasteiger partial charge in [-0.2, -0.15) is 0 Å². The van der Waals surface area contributed by atoms with Crippen LogP contribution in [0.2, 0.25) is 0 Å². The minimum absolute atomic E-state index is 0.108. The number of hydrogen-bond donors (Lipinski definition) is 1. The third kappa shape index (κ3) is 3.31. The summed E-state index contributed by atoms with van der Waals surface area (Å²) < 4.78 is 0. The van der Waals surface area contributed by atoms with Crippen LogP contribution in [-0.2, 0) is 4.79 Å². The van der Waals surface area contributed by atoms with Crippen molar-refractivity contribution >= 4 is 12.0 Å². The molecular weight excluding hydrogens is 270 g/mol. The fraction of sp³-hybridized carbons (Fsp3) is 0.867. The van der Waals surface area contributed by atoms with Crippen LogP contribution >= 0.6 is 0 Å². The van der Waals surface area contributed by atoms with Crippen LogP contribution in [0, 0.1) is 5.92 Å². The lowest BCUT2D eigenvalue weighted by Gasteiger charge is -2.41. The van der Waals surface area contributed by atoms with Crippen LogP contribution < -0.4 is 0 Å². The average Bonchev–Trinajstić information content (AvgIpc) is 2.92. The first kappa shape index (κ1) is 14.6. The standard InChI is InChI=1S/C15H25N3O3/c19-14(20)8-12-9-18(10-12)15(21)17-7-4-13(11-17)16-5-2-1-3-6-16/h12-13H,1-11H2,(H,19,20). The van der Waals surface area contributed by atoms with Crippen LogP contribution in [0.3, 0.4) is 0 Å². The monoisotopic (exact) mass is 295 g/mol. The average molecular weight is 295 g/mol. The fourth-order valence-electron chi connectivity index (χ4n) is 3.80. The Morgan fingerprint density at radius 1 is 0.952 bits per heavy atom. The Hall–Kier alpha value is -1.30. The molecule has 1 N–H and O–H groups in total. The van der Waals surface area contributed by atoms with Crippen molar-refractivity contribution in [2.24, 2.45) is 5.92 Å². The number of urea groups is 1. The number of carboxylic acid groups (broad SMARTS) is 1. The molecule has 1 unspecified atom stereocenters. The molecule has 3 aliphatic rings. The van der Waals surface area contributed by atoms with E-state index in [4.69, 9.17) is 5.11 Å². The van der Waals surface area contributed by atoms with E-state index in [9.17, 15) is 9.59 Å². The van der Waals surface area contributed by atoms with Crippen molar-refractivity contribution in [2.45, 2.75) is 38.1 Å². The van der Waals surface area contributed by atoms with E-state index in [0.717, 1.165) is 19.5 Å². The minimum atomic E-state index is -0.765. The van der Waals surface area contributed by atoms with Gasteiger partial charge >= 0.3 is 12.0 Å². The van der Waals surface area contributed by atoms with Gasteiger partial charge in [0.15, 0.2) is 0 Å². The summed E-state index contributed by atoms with van der Waals surface area (Å²) in [7, 11) is 0. The maximum Gasteiger partial charge on any atom is 0.320 e. The van der Waals surface area contributed by atoms with Crippen LogP contribution in [-0.4, -0.2) is 77.1 Å². The number of rotatable bonds is 3. The molecule has 3 heterocycles. The molecule has 3 aliphatic heterocycles. The van der Waals surface area contributed by atoms with Gasteiger partial charge in [0.2, 0.25) is 0 Å². The molecule has 0 saturated carbocycles. The molecule has 6 nitrogen and oxygen atoms in total. The molecule has 0 spiro atoms. The number of likely N-dealkylation sites (tertiary alicyclic amines) is 3. The Morgan fingerprint density at radius 3 is 2.33 bits per heavy atom. The predicted octanol–water partition coefficient (Wildman–Crippen LogP) is 1.07. The molecule has 3 rings (SSSR count). The van der Waals surface area contributed by atoms with Crippen molar-refractivity contribution in [1.82, 2.24) is 14.7 Å². The van der Waals surface area contributed by atoms with Crippen LogP contribution in [0.25, 0.3) is 0 Å². The van der Waals surface area contributed by atoms with Gasteiger partial charge in [-0.1, -0.05) is 6.42 Å². The second kappa shape index (κ2) is 6.22. The zero-order chi connectivity index (χ0) is 14.8. The maximum atomic E-state index is 12.4. The maximum absolute atomic E-state index is 12.4. The van der Waals surface area contributed by atoms with Crippen molar-refractivity contribution < 1.29 is 14.7 Å². The van der Waals surface area contributed by atoms with E-state index in [1.807, 2.05) is 4.90 Å². The molecular formula is C15H25N3O3. The number of carbonyl (C=O) groups excluding carboxylic acids is 1. The Labute approximate surface area is 125 Å². The highest BCUT2D eigenvalue weighted by Crippen LogP contribution is 2.25. The highest BCUT2D eigenvalue weighted by molar-refractivity contribution is 5.76. The third-order valence-electron chi connectivity index (χ3n) is 5.03. The zero-order valence-electron chi connectivity index (χ0n) is 12.5. The quantitative estimate of drug-likeness (QED) is 0.846. The van der Waals surface area contributed by atoms with E-state index >= 15 is 0 Å². The van der Waals surface area contributed by atoms with E-state index in [2.05, 4.69) is 4.90 Å². The second-order valence-corrected chi connectivity index (χ2v) is 6.64. The van der Waals surface area contributed by atoms with Crippen molar-refractivity contribution in [2.75, 3.05) is 39.3 Å². The summed E-state index contributed by atoms with van der Waals surface area (Å²) in [6, 6.07) is 0.640. The Bertz CT molecular complexity index is 403. The van der Waals surface area contributed by atoms with Gasteiger partial charge in [-0.05, 0) is 32.4 Å². The molecule has 3 fully saturated rings. The lowest BCUT2D eigenvalue weighted by atomic mass is 9.97. The molecule has 0 radical (unpaired) electrons.